The van der Waals surface area contributed by atoms with Crippen molar-refractivity contribution in [2.24, 2.45) is 0 Å². The second-order valence-electron chi connectivity index (χ2n) is 9.16. The number of amides is 1. The molecule has 0 spiro atoms. The quantitative estimate of drug-likeness (QED) is 0.413. The lowest BCUT2D eigenvalue weighted by atomic mass is 10.1. The number of hydrogen-bond donors (Lipinski definition) is 0. The van der Waals surface area contributed by atoms with Crippen LogP contribution in [0.3, 0.4) is 0 Å². The van der Waals surface area contributed by atoms with Gasteiger partial charge in [0, 0.05) is 31.7 Å². The van der Waals surface area contributed by atoms with Crippen LogP contribution in [0.4, 0.5) is 5.82 Å². The van der Waals surface area contributed by atoms with E-state index < -0.39 is 6.10 Å². The van der Waals surface area contributed by atoms with Gasteiger partial charge >= 0.3 is 0 Å². The van der Waals surface area contributed by atoms with Gasteiger partial charge in [-0.25, -0.2) is 0 Å². The van der Waals surface area contributed by atoms with Crippen molar-refractivity contribution in [2.75, 3.05) is 31.1 Å². The van der Waals surface area contributed by atoms with E-state index >= 15 is 0 Å². The number of aromatic nitrogens is 2. The van der Waals surface area contributed by atoms with E-state index in [0.717, 1.165) is 28.4 Å². The van der Waals surface area contributed by atoms with Gasteiger partial charge in [-0.2, -0.15) is 0 Å². The molecule has 1 atom stereocenters. The van der Waals surface area contributed by atoms with E-state index in [-0.39, 0.29) is 5.91 Å². The number of rotatable bonds is 5. The minimum atomic E-state index is -0.523. The second kappa shape index (κ2) is 9.74. The Bertz CT molecular complexity index is 1340. The predicted octanol–water partition coefficient (Wildman–Crippen LogP) is 5.03. The molecule has 178 valence electrons. The largest absolute Gasteiger partial charge is 0.481 e. The van der Waals surface area contributed by atoms with Crippen LogP contribution >= 0.6 is 0 Å². The normalized spacial score (nSPS) is 14.7. The van der Waals surface area contributed by atoms with Gasteiger partial charge in [0.05, 0.1) is 5.69 Å². The second-order valence-corrected chi connectivity index (χ2v) is 9.16. The fraction of sp³-hybridized carbons (Fsp3) is 0.276. The summed E-state index contributed by atoms with van der Waals surface area (Å²) in [6, 6.07) is 24.6. The molecule has 5 rings (SSSR count). The first-order valence-corrected chi connectivity index (χ1v) is 12.1. The monoisotopic (exact) mass is 466 g/mol. The average molecular weight is 467 g/mol. The van der Waals surface area contributed by atoms with Crippen molar-refractivity contribution < 1.29 is 9.53 Å². The third-order valence-electron chi connectivity index (χ3n) is 6.75. The molecule has 0 radical (unpaired) electrons. The van der Waals surface area contributed by atoms with E-state index in [1.165, 1.54) is 16.3 Å². The zero-order valence-corrected chi connectivity index (χ0v) is 20.4. The van der Waals surface area contributed by atoms with Crippen molar-refractivity contribution in [1.82, 2.24) is 15.1 Å². The van der Waals surface area contributed by atoms with Gasteiger partial charge in [-0.15, -0.1) is 10.2 Å². The summed E-state index contributed by atoms with van der Waals surface area (Å²) in [5, 5.41) is 11.4. The molecule has 1 amide bonds. The van der Waals surface area contributed by atoms with Gasteiger partial charge in [-0.1, -0.05) is 42.5 Å². The Morgan fingerprint density at radius 3 is 2.31 bits per heavy atom. The molecule has 1 aliphatic heterocycles. The maximum atomic E-state index is 12.9. The predicted molar refractivity (Wildman–Crippen MR) is 140 cm³/mol. The van der Waals surface area contributed by atoms with E-state index in [9.17, 15) is 4.79 Å². The number of hydrogen-bond acceptors (Lipinski definition) is 5. The summed E-state index contributed by atoms with van der Waals surface area (Å²) >= 11 is 0. The number of carbonyl (C=O) groups is 1. The smallest absolute Gasteiger partial charge is 0.263 e. The van der Waals surface area contributed by atoms with E-state index in [4.69, 9.17) is 4.74 Å². The lowest BCUT2D eigenvalue weighted by Gasteiger charge is -2.36. The minimum absolute atomic E-state index is 0.0145. The molecular formula is C29H30N4O2. The third-order valence-corrected chi connectivity index (χ3v) is 6.75. The summed E-state index contributed by atoms with van der Waals surface area (Å²) in [6.07, 6.45) is -0.523. The van der Waals surface area contributed by atoms with Crippen molar-refractivity contribution >= 4 is 22.5 Å². The number of piperazine rings is 1. The van der Waals surface area contributed by atoms with E-state index in [0.29, 0.717) is 26.2 Å². The average Bonchev–Trinajstić information content (AvgIpc) is 2.90. The highest BCUT2D eigenvalue weighted by molar-refractivity contribution is 5.86. The van der Waals surface area contributed by atoms with Crippen LogP contribution < -0.4 is 9.64 Å². The molecule has 6 heteroatoms. The van der Waals surface area contributed by atoms with Gasteiger partial charge in [0.25, 0.3) is 5.91 Å². The number of fused-ring (bicyclic) bond motifs is 1. The Hall–Kier alpha value is -3.93. The molecule has 35 heavy (non-hydrogen) atoms. The number of carbonyl (C=O) groups excluding carboxylic acids is 1. The van der Waals surface area contributed by atoms with E-state index in [1.807, 2.05) is 61.2 Å². The zero-order chi connectivity index (χ0) is 24.4. The van der Waals surface area contributed by atoms with Crippen LogP contribution in [0.2, 0.25) is 0 Å². The molecule has 1 aromatic heterocycles. The molecular weight excluding hydrogens is 436 g/mol. The summed E-state index contributed by atoms with van der Waals surface area (Å²) in [6.45, 7) is 8.62. The van der Waals surface area contributed by atoms with Crippen molar-refractivity contribution in [1.29, 1.82) is 0 Å². The maximum Gasteiger partial charge on any atom is 0.263 e. The molecule has 1 saturated heterocycles. The van der Waals surface area contributed by atoms with Crippen molar-refractivity contribution in [3.8, 4) is 17.0 Å². The Balaban J connectivity index is 1.18. The molecule has 1 aliphatic rings. The number of benzene rings is 3. The fourth-order valence-electron chi connectivity index (χ4n) is 4.45. The molecule has 1 fully saturated rings. The Morgan fingerprint density at radius 1 is 0.829 bits per heavy atom. The summed E-state index contributed by atoms with van der Waals surface area (Å²) in [7, 11) is 0. The van der Waals surface area contributed by atoms with Crippen LogP contribution in [0.25, 0.3) is 22.0 Å². The molecule has 4 aromatic rings. The summed E-state index contributed by atoms with van der Waals surface area (Å²) in [5.41, 5.74) is 4.27. The van der Waals surface area contributed by atoms with Crippen molar-refractivity contribution in [2.45, 2.75) is 26.9 Å². The lowest BCUT2D eigenvalue weighted by Crippen LogP contribution is -2.52. The molecule has 3 aromatic carbocycles. The third kappa shape index (κ3) is 4.97. The molecule has 0 N–H and O–H groups in total. The molecule has 2 heterocycles. The first-order valence-electron chi connectivity index (χ1n) is 12.1. The van der Waals surface area contributed by atoms with Gasteiger partial charge in [0.1, 0.15) is 5.75 Å². The van der Waals surface area contributed by atoms with Crippen LogP contribution in [0.15, 0.2) is 72.8 Å². The lowest BCUT2D eigenvalue weighted by molar-refractivity contribution is -0.138. The molecule has 0 bridgehead atoms. The van der Waals surface area contributed by atoms with Crippen molar-refractivity contribution in [3.05, 3.63) is 83.9 Å². The van der Waals surface area contributed by atoms with Gasteiger partial charge in [0.2, 0.25) is 0 Å². The molecule has 6 nitrogen and oxygen atoms in total. The van der Waals surface area contributed by atoms with Crippen LogP contribution in [-0.4, -0.2) is 53.3 Å². The number of anilines is 1. The van der Waals surface area contributed by atoms with E-state index in [2.05, 4.69) is 52.4 Å². The van der Waals surface area contributed by atoms with Crippen LogP contribution in [0.1, 0.15) is 18.1 Å². The SMILES string of the molecule is Cc1ccc(OC(C)C(=O)N2CCN(c3ccc(-c4ccc5ccccc5c4)nn3)CC2)cc1C. The standard InChI is InChI=1S/C29H30N4O2/c1-20-8-11-26(18-21(20)2)35-22(3)29(34)33-16-14-32(15-17-33)28-13-12-27(30-31-28)25-10-9-23-6-4-5-7-24(23)19-25/h4-13,18-19,22H,14-17H2,1-3H3. The highest BCUT2D eigenvalue weighted by atomic mass is 16.5. The Labute approximate surface area is 206 Å². The zero-order valence-electron chi connectivity index (χ0n) is 20.4. The summed E-state index contributed by atoms with van der Waals surface area (Å²) < 4.78 is 5.93. The summed E-state index contributed by atoms with van der Waals surface area (Å²) in [4.78, 5) is 17.0. The highest BCUT2D eigenvalue weighted by Gasteiger charge is 2.26. The van der Waals surface area contributed by atoms with Crippen LogP contribution in [0.5, 0.6) is 5.75 Å². The first-order chi connectivity index (χ1) is 17.0. The number of ether oxygens (including phenoxy) is 1. The van der Waals surface area contributed by atoms with Gasteiger partial charge < -0.3 is 14.5 Å². The number of nitrogens with zero attached hydrogens (tertiary/aromatic N) is 4. The number of aryl methyl sites for hydroxylation is 2. The van der Waals surface area contributed by atoms with Crippen LogP contribution in [-0.2, 0) is 4.79 Å². The van der Waals surface area contributed by atoms with Crippen LogP contribution in [0, 0.1) is 13.8 Å². The van der Waals surface area contributed by atoms with Crippen molar-refractivity contribution in [3.63, 3.8) is 0 Å². The molecule has 1 unspecified atom stereocenters. The first kappa shape index (κ1) is 22.8. The van der Waals surface area contributed by atoms with Gasteiger partial charge in [0.15, 0.2) is 11.9 Å². The maximum absolute atomic E-state index is 12.9. The summed E-state index contributed by atoms with van der Waals surface area (Å²) in [5.74, 6) is 1.58. The minimum Gasteiger partial charge on any atom is -0.481 e. The fourth-order valence-corrected chi connectivity index (χ4v) is 4.45. The Kier molecular flexibility index (Phi) is 6.36. The topological polar surface area (TPSA) is 58.6 Å². The van der Waals surface area contributed by atoms with Gasteiger partial charge in [-0.05, 0) is 73.0 Å². The Morgan fingerprint density at radius 2 is 1.60 bits per heavy atom. The van der Waals surface area contributed by atoms with Gasteiger partial charge in [-0.3, -0.25) is 4.79 Å². The van der Waals surface area contributed by atoms with E-state index in [1.54, 1.807) is 0 Å². The molecule has 0 saturated carbocycles. The highest BCUT2D eigenvalue weighted by Crippen LogP contribution is 2.24. The molecule has 0 aliphatic carbocycles.